The van der Waals surface area contributed by atoms with Gasteiger partial charge in [-0.3, -0.25) is 10.1 Å². The molecule has 0 aromatic heterocycles. The standard InChI is InChI=1S/C22H21N3O4/c1-14-5-7-17(11-15(14)2)21-23-18(22(26)29-21)12-16-6-8-19(20(13-16)25(27)28)24-9-3-4-10-24/h5-8,11-13H,3-4,9-10H2,1-2H3. The second-order valence-electron chi connectivity index (χ2n) is 7.33. The lowest BCUT2D eigenvalue weighted by Gasteiger charge is -2.17. The van der Waals surface area contributed by atoms with E-state index in [0.717, 1.165) is 42.6 Å². The Bertz CT molecular complexity index is 1070. The van der Waals surface area contributed by atoms with Gasteiger partial charge in [0.2, 0.25) is 5.90 Å². The van der Waals surface area contributed by atoms with Gasteiger partial charge in [0.1, 0.15) is 5.69 Å². The Morgan fingerprint density at radius 2 is 1.86 bits per heavy atom. The van der Waals surface area contributed by atoms with Crippen molar-refractivity contribution in [2.45, 2.75) is 26.7 Å². The fraction of sp³-hybridized carbons (Fsp3) is 0.273. The zero-order valence-electron chi connectivity index (χ0n) is 16.3. The molecule has 0 saturated carbocycles. The molecule has 4 rings (SSSR count). The van der Waals surface area contributed by atoms with Crippen molar-refractivity contribution in [3.8, 4) is 0 Å². The van der Waals surface area contributed by atoms with Crippen molar-refractivity contribution in [1.82, 2.24) is 0 Å². The monoisotopic (exact) mass is 391 g/mol. The minimum Gasteiger partial charge on any atom is -0.402 e. The predicted octanol–water partition coefficient (Wildman–Crippen LogP) is 4.16. The molecule has 0 atom stereocenters. The van der Waals surface area contributed by atoms with E-state index < -0.39 is 5.97 Å². The van der Waals surface area contributed by atoms with Crippen molar-refractivity contribution < 1.29 is 14.5 Å². The summed E-state index contributed by atoms with van der Waals surface area (Å²) in [6, 6.07) is 10.7. The lowest BCUT2D eigenvalue weighted by atomic mass is 10.1. The van der Waals surface area contributed by atoms with Crippen LogP contribution in [0, 0.1) is 24.0 Å². The molecule has 7 heteroatoms. The summed E-state index contributed by atoms with van der Waals surface area (Å²) >= 11 is 0. The number of hydrogen-bond acceptors (Lipinski definition) is 6. The Kier molecular flexibility index (Phi) is 4.88. The first-order valence-corrected chi connectivity index (χ1v) is 9.56. The van der Waals surface area contributed by atoms with E-state index >= 15 is 0 Å². The number of aryl methyl sites for hydroxylation is 2. The number of nitrogens with zero attached hydrogens (tertiary/aromatic N) is 3. The van der Waals surface area contributed by atoms with Crippen LogP contribution in [0.3, 0.4) is 0 Å². The average Bonchev–Trinajstić information content (AvgIpc) is 3.34. The van der Waals surface area contributed by atoms with Gasteiger partial charge >= 0.3 is 5.97 Å². The highest BCUT2D eigenvalue weighted by Crippen LogP contribution is 2.32. The van der Waals surface area contributed by atoms with Gasteiger partial charge in [-0.15, -0.1) is 0 Å². The van der Waals surface area contributed by atoms with Crippen molar-refractivity contribution in [1.29, 1.82) is 0 Å². The summed E-state index contributed by atoms with van der Waals surface area (Å²) in [4.78, 5) is 29.8. The summed E-state index contributed by atoms with van der Waals surface area (Å²) in [5.74, 6) is -0.322. The first kappa shape index (κ1) is 18.9. The van der Waals surface area contributed by atoms with Crippen molar-refractivity contribution in [3.05, 3.63) is 74.5 Å². The molecule has 2 heterocycles. The molecule has 0 radical (unpaired) electrons. The Balaban J connectivity index is 1.67. The molecule has 2 aliphatic rings. The molecule has 29 heavy (non-hydrogen) atoms. The van der Waals surface area contributed by atoms with Crippen molar-refractivity contribution >= 4 is 29.3 Å². The second-order valence-corrected chi connectivity index (χ2v) is 7.33. The van der Waals surface area contributed by atoms with Crippen molar-refractivity contribution in [2.75, 3.05) is 18.0 Å². The molecule has 0 unspecified atom stereocenters. The van der Waals surface area contributed by atoms with Gasteiger partial charge in [0.15, 0.2) is 5.70 Å². The van der Waals surface area contributed by atoms with E-state index in [1.54, 1.807) is 12.1 Å². The van der Waals surface area contributed by atoms with Gasteiger partial charge in [0.25, 0.3) is 5.69 Å². The molecular formula is C22H21N3O4. The van der Waals surface area contributed by atoms with Crippen LogP contribution in [-0.4, -0.2) is 29.9 Å². The van der Waals surface area contributed by atoms with E-state index in [1.165, 1.54) is 12.1 Å². The molecule has 2 aromatic carbocycles. The first-order valence-electron chi connectivity index (χ1n) is 9.56. The third kappa shape index (κ3) is 3.76. The van der Waals surface area contributed by atoms with Gasteiger partial charge in [-0.2, -0.15) is 0 Å². The van der Waals surface area contributed by atoms with Gasteiger partial charge in [-0.05, 0) is 67.7 Å². The molecule has 148 valence electrons. The van der Waals surface area contributed by atoms with Gasteiger partial charge < -0.3 is 9.64 Å². The van der Waals surface area contributed by atoms with E-state index in [9.17, 15) is 14.9 Å². The number of cyclic esters (lactones) is 1. The number of carbonyl (C=O) groups is 1. The van der Waals surface area contributed by atoms with E-state index in [1.807, 2.05) is 36.9 Å². The van der Waals surface area contributed by atoms with E-state index in [0.29, 0.717) is 11.3 Å². The summed E-state index contributed by atoms with van der Waals surface area (Å²) in [5, 5.41) is 11.6. The van der Waals surface area contributed by atoms with Crippen LogP contribution in [-0.2, 0) is 9.53 Å². The maximum Gasteiger partial charge on any atom is 0.363 e. The fourth-order valence-corrected chi connectivity index (χ4v) is 3.57. The lowest BCUT2D eigenvalue weighted by molar-refractivity contribution is -0.384. The van der Waals surface area contributed by atoms with Gasteiger partial charge in [-0.25, -0.2) is 9.79 Å². The minimum absolute atomic E-state index is 0.0333. The third-order valence-corrected chi connectivity index (χ3v) is 5.32. The normalized spacial score (nSPS) is 17.6. The van der Waals surface area contributed by atoms with Crippen LogP contribution in [0.2, 0.25) is 0 Å². The molecule has 0 spiro atoms. The molecule has 2 aliphatic heterocycles. The predicted molar refractivity (Wildman–Crippen MR) is 111 cm³/mol. The fourth-order valence-electron chi connectivity index (χ4n) is 3.57. The number of aliphatic imine (C=N–C) groups is 1. The SMILES string of the molecule is Cc1ccc(C2=NC(=Cc3ccc(N4CCCC4)c([N+](=O)[O-])c3)C(=O)O2)cc1C. The van der Waals surface area contributed by atoms with E-state index in [4.69, 9.17) is 4.74 Å². The number of hydrogen-bond donors (Lipinski definition) is 0. The van der Waals surface area contributed by atoms with E-state index in [-0.39, 0.29) is 22.2 Å². The Morgan fingerprint density at radius 1 is 1.10 bits per heavy atom. The maximum atomic E-state index is 12.3. The molecule has 2 aromatic rings. The van der Waals surface area contributed by atoms with Crippen molar-refractivity contribution in [2.24, 2.45) is 4.99 Å². The van der Waals surface area contributed by atoms with Gasteiger partial charge in [0, 0.05) is 24.7 Å². The van der Waals surface area contributed by atoms with Gasteiger partial charge in [0.05, 0.1) is 4.92 Å². The largest absolute Gasteiger partial charge is 0.402 e. The Labute approximate surface area is 168 Å². The lowest BCUT2D eigenvalue weighted by Crippen LogP contribution is -2.18. The molecule has 1 saturated heterocycles. The highest BCUT2D eigenvalue weighted by Gasteiger charge is 2.26. The second kappa shape index (κ2) is 7.50. The van der Waals surface area contributed by atoms with Crippen LogP contribution in [0.4, 0.5) is 11.4 Å². The smallest absolute Gasteiger partial charge is 0.363 e. The molecule has 0 bridgehead atoms. The van der Waals surface area contributed by atoms with Crippen LogP contribution >= 0.6 is 0 Å². The van der Waals surface area contributed by atoms with E-state index in [2.05, 4.69) is 4.99 Å². The zero-order valence-corrected chi connectivity index (χ0v) is 16.3. The van der Waals surface area contributed by atoms with Crippen LogP contribution < -0.4 is 4.90 Å². The first-order chi connectivity index (χ1) is 13.9. The molecule has 7 nitrogen and oxygen atoms in total. The number of ether oxygens (including phenoxy) is 1. The summed E-state index contributed by atoms with van der Waals surface area (Å²) in [6.07, 6.45) is 3.59. The number of benzene rings is 2. The quantitative estimate of drug-likeness (QED) is 0.338. The third-order valence-electron chi connectivity index (χ3n) is 5.32. The average molecular weight is 391 g/mol. The Hall–Kier alpha value is -3.48. The molecule has 0 amide bonds. The van der Waals surface area contributed by atoms with Crippen LogP contribution in [0.25, 0.3) is 6.08 Å². The van der Waals surface area contributed by atoms with Crippen LogP contribution in [0.5, 0.6) is 0 Å². The summed E-state index contributed by atoms with van der Waals surface area (Å²) in [6.45, 7) is 5.62. The molecule has 0 N–H and O–H groups in total. The maximum absolute atomic E-state index is 12.3. The highest BCUT2D eigenvalue weighted by atomic mass is 16.6. The van der Waals surface area contributed by atoms with Crippen LogP contribution in [0.1, 0.15) is 35.1 Å². The summed E-state index contributed by atoms with van der Waals surface area (Å²) < 4.78 is 5.31. The number of nitro groups is 1. The topological polar surface area (TPSA) is 85.0 Å². The number of rotatable bonds is 4. The number of anilines is 1. The summed E-state index contributed by atoms with van der Waals surface area (Å²) in [7, 11) is 0. The minimum atomic E-state index is -0.565. The summed E-state index contributed by atoms with van der Waals surface area (Å²) in [5.41, 5.74) is 4.25. The van der Waals surface area contributed by atoms with Gasteiger partial charge in [-0.1, -0.05) is 12.1 Å². The molecular weight excluding hydrogens is 370 g/mol. The number of nitro benzene ring substituents is 1. The van der Waals surface area contributed by atoms with Crippen molar-refractivity contribution in [3.63, 3.8) is 0 Å². The zero-order chi connectivity index (χ0) is 20.5. The molecule has 0 aliphatic carbocycles. The number of esters is 1. The molecule has 1 fully saturated rings. The highest BCUT2D eigenvalue weighted by molar-refractivity contribution is 6.13. The Morgan fingerprint density at radius 3 is 2.55 bits per heavy atom. The van der Waals surface area contributed by atoms with Crippen LogP contribution in [0.15, 0.2) is 47.1 Å². The number of carbonyl (C=O) groups excluding carboxylic acids is 1.